The van der Waals surface area contributed by atoms with Crippen LogP contribution in [0.4, 0.5) is 0 Å². The summed E-state index contributed by atoms with van der Waals surface area (Å²) < 4.78 is 0. The fraction of sp³-hybridized carbons (Fsp3) is 0.600. The van der Waals surface area contributed by atoms with E-state index in [1.807, 2.05) is 13.8 Å². The van der Waals surface area contributed by atoms with Crippen molar-refractivity contribution in [3.8, 4) is 0 Å². The molecule has 0 radical (unpaired) electrons. The molecule has 3 heteroatoms. The van der Waals surface area contributed by atoms with Crippen LogP contribution in [0.2, 0.25) is 0 Å². The number of carbonyl (C=O) groups is 2. The van der Waals surface area contributed by atoms with Crippen LogP contribution in [0.5, 0.6) is 0 Å². The number of hydrogen-bond donors (Lipinski definition) is 0. The van der Waals surface area contributed by atoms with E-state index in [1.54, 1.807) is 0 Å². The summed E-state index contributed by atoms with van der Waals surface area (Å²) in [4.78, 5) is 23.1. The Morgan fingerprint density at radius 2 is 2.00 bits per heavy atom. The molecule has 1 aliphatic rings. The fourth-order valence-electron chi connectivity index (χ4n) is 1.12. The molecule has 3 nitrogen and oxygen atoms in total. The highest BCUT2D eigenvalue weighted by molar-refractivity contribution is 5.87. The van der Waals surface area contributed by atoms with Gasteiger partial charge in [0.1, 0.15) is 5.78 Å². The number of allylic oxidation sites excluding steroid dienone is 1. The minimum Gasteiger partial charge on any atom is -0.309 e. The van der Waals surface area contributed by atoms with E-state index in [0.29, 0.717) is 12.8 Å². The Morgan fingerprint density at radius 1 is 1.46 bits per heavy atom. The van der Waals surface area contributed by atoms with Gasteiger partial charge in [0.2, 0.25) is 5.91 Å². The normalized spacial score (nSPS) is 15.5. The summed E-state index contributed by atoms with van der Waals surface area (Å²) in [5.41, 5.74) is 0.769. The average Bonchev–Trinajstić information content (AvgIpc) is 2.39. The molecule has 1 amide bonds. The molecule has 0 N–H and O–H groups in total. The first-order chi connectivity index (χ1) is 6.11. The summed E-state index contributed by atoms with van der Waals surface area (Å²) in [6.07, 6.45) is 1.21. The molecule has 1 rings (SSSR count). The molecule has 0 aromatic carbocycles. The average molecular weight is 183 g/mol. The largest absolute Gasteiger partial charge is 0.309 e. The lowest BCUT2D eigenvalue weighted by Gasteiger charge is -2.14. The van der Waals surface area contributed by atoms with Gasteiger partial charge in [-0.15, -0.1) is 0 Å². The molecule has 0 aromatic heterocycles. The molecule has 0 unspecified atom stereocenters. The lowest BCUT2D eigenvalue weighted by molar-refractivity contribution is -0.130. The maximum absolute atomic E-state index is 11.0. The number of nitrogens with zero attached hydrogens (tertiary/aromatic N) is 1. The number of likely N-dealkylation sites (tertiary alicyclic amines) is 1. The first kappa shape index (κ1) is 11.9. The smallest absolute Gasteiger partial charge is 0.227 e. The Morgan fingerprint density at radius 3 is 2.31 bits per heavy atom. The molecule has 1 saturated heterocycles. The van der Waals surface area contributed by atoms with E-state index in [4.69, 9.17) is 0 Å². The van der Waals surface area contributed by atoms with Crippen molar-refractivity contribution < 1.29 is 9.59 Å². The van der Waals surface area contributed by atoms with Gasteiger partial charge in [-0.2, -0.15) is 0 Å². The quantitative estimate of drug-likeness (QED) is 0.654. The Hall–Kier alpha value is -1.12. The monoisotopic (exact) mass is 183 g/mol. The first-order valence-corrected chi connectivity index (χ1v) is 4.59. The van der Waals surface area contributed by atoms with Crippen LogP contribution in [-0.4, -0.2) is 23.1 Å². The van der Waals surface area contributed by atoms with Crippen LogP contribution >= 0.6 is 0 Å². The van der Waals surface area contributed by atoms with Crippen molar-refractivity contribution in [3.63, 3.8) is 0 Å². The Bertz CT molecular complexity index is 205. The van der Waals surface area contributed by atoms with Gasteiger partial charge in [-0.1, -0.05) is 20.4 Å². The number of ketones is 1. The maximum atomic E-state index is 11.0. The second-order valence-electron chi connectivity index (χ2n) is 2.75. The SMILES string of the molecule is C=C1CCC(=O)N1CC(C)=O.CC. The number of Topliss-reactive ketones (excluding diaryl/α,β-unsaturated/α-hetero) is 1. The molecular weight excluding hydrogens is 166 g/mol. The number of carbonyl (C=O) groups excluding carboxylic acids is 2. The minimum atomic E-state index is 0.00130. The van der Waals surface area contributed by atoms with Crippen LogP contribution in [-0.2, 0) is 9.59 Å². The molecule has 1 fully saturated rings. The predicted octanol–water partition coefficient (Wildman–Crippen LogP) is 1.74. The van der Waals surface area contributed by atoms with Gasteiger partial charge in [0.25, 0.3) is 0 Å². The van der Waals surface area contributed by atoms with Crippen LogP contribution in [0.25, 0.3) is 0 Å². The third kappa shape index (κ3) is 3.40. The second-order valence-corrected chi connectivity index (χ2v) is 2.75. The van der Waals surface area contributed by atoms with Crippen molar-refractivity contribution in [1.82, 2.24) is 4.90 Å². The third-order valence-electron chi connectivity index (χ3n) is 1.69. The third-order valence-corrected chi connectivity index (χ3v) is 1.69. The van der Waals surface area contributed by atoms with E-state index >= 15 is 0 Å². The van der Waals surface area contributed by atoms with Crippen LogP contribution < -0.4 is 0 Å². The van der Waals surface area contributed by atoms with Gasteiger partial charge < -0.3 is 4.90 Å². The highest BCUT2D eigenvalue weighted by Crippen LogP contribution is 2.19. The number of hydrogen-bond acceptors (Lipinski definition) is 2. The van der Waals surface area contributed by atoms with E-state index < -0.39 is 0 Å². The zero-order valence-electron chi connectivity index (χ0n) is 8.59. The number of amides is 1. The Labute approximate surface area is 79.4 Å². The van der Waals surface area contributed by atoms with E-state index in [9.17, 15) is 9.59 Å². The van der Waals surface area contributed by atoms with Crippen molar-refractivity contribution in [3.05, 3.63) is 12.3 Å². The topological polar surface area (TPSA) is 37.4 Å². The van der Waals surface area contributed by atoms with Crippen LogP contribution in [0, 0.1) is 0 Å². The number of rotatable bonds is 2. The highest BCUT2D eigenvalue weighted by Gasteiger charge is 2.24. The molecule has 0 atom stereocenters. The van der Waals surface area contributed by atoms with E-state index in [1.165, 1.54) is 11.8 Å². The van der Waals surface area contributed by atoms with Gasteiger partial charge >= 0.3 is 0 Å². The summed E-state index contributed by atoms with van der Waals surface area (Å²) in [5, 5.41) is 0. The van der Waals surface area contributed by atoms with Gasteiger partial charge in [-0.25, -0.2) is 0 Å². The zero-order valence-corrected chi connectivity index (χ0v) is 8.59. The highest BCUT2D eigenvalue weighted by atomic mass is 16.2. The molecule has 0 aliphatic carbocycles. The van der Waals surface area contributed by atoms with Gasteiger partial charge in [0, 0.05) is 12.1 Å². The van der Waals surface area contributed by atoms with Gasteiger partial charge in [0.15, 0.2) is 0 Å². The molecule has 0 aromatic rings. The van der Waals surface area contributed by atoms with E-state index in [-0.39, 0.29) is 18.2 Å². The van der Waals surface area contributed by atoms with Crippen molar-refractivity contribution in [1.29, 1.82) is 0 Å². The molecule has 1 aliphatic heterocycles. The van der Waals surface area contributed by atoms with Crippen molar-refractivity contribution in [2.24, 2.45) is 0 Å². The predicted molar refractivity (Wildman–Crippen MR) is 52.1 cm³/mol. The van der Waals surface area contributed by atoms with Gasteiger partial charge in [-0.05, 0) is 13.3 Å². The van der Waals surface area contributed by atoms with Crippen molar-refractivity contribution in [2.45, 2.75) is 33.6 Å². The summed E-state index contributed by atoms with van der Waals surface area (Å²) in [6, 6.07) is 0. The Balaban J connectivity index is 0.000000671. The summed E-state index contributed by atoms with van der Waals surface area (Å²) in [5.74, 6) is 0.0200. The molecule has 74 valence electrons. The van der Waals surface area contributed by atoms with Gasteiger partial charge in [-0.3, -0.25) is 9.59 Å². The standard InChI is InChI=1S/C8H11NO2.C2H6/c1-6-3-4-8(11)9(6)5-7(2)10;1-2/h1,3-5H2,2H3;1-2H3. The van der Waals surface area contributed by atoms with Crippen LogP contribution in [0.3, 0.4) is 0 Å². The zero-order chi connectivity index (χ0) is 10.4. The van der Waals surface area contributed by atoms with E-state index in [0.717, 1.165) is 5.70 Å². The van der Waals surface area contributed by atoms with Crippen LogP contribution in [0.1, 0.15) is 33.6 Å². The molecule has 0 saturated carbocycles. The maximum Gasteiger partial charge on any atom is 0.227 e. The summed E-state index contributed by atoms with van der Waals surface area (Å²) in [7, 11) is 0. The van der Waals surface area contributed by atoms with E-state index in [2.05, 4.69) is 6.58 Å². The van der Waals surface area contributed by atoms with Crippen molar-refractivity contribution >= 4 is 11.7 Å². The van der Waals surface area contributed by atoms with Gasteiger partial charge in [0.05, 0.1) is 6.54 Å². The molecule has 1 heterocycles. The molecule has 0 spiro atoms. The molecular formula is C10H17NO2. The fourth-order valence-corrected chi connectivity index (χ4v) is 1.12. The second kappa shape index (κ2) is 5.51. The van der Waals surface area contributed by atoms with Crippen molar-refractivity contribution in [2.75, 3.05) is 6.54 Å². The summed E-state index contributed by atoms with van der Waals surface area (Å²) in [6.45, 7) is 9.36. The van der Waals surface area contributed by atoms with Crippen LogP contribution in [0.15, 0.2) is 12.3 Å². The lowest BCUT2D eigenvalue weighted by Crippen LogP contribution is -2.27. The first-order valence-electron chi connectivity index (χ1n) is 4.59. The minimum absolute atomic E-state index is 0.00130. The Kier molecular flexibility index (Phi) is 5.04. The lowest BCUT2D eigenvalue weighted by atomic mass is 10.3. The molecule has 0 bridgehead atoms. The molecule has 13 heavy (non-hydrogen) atoms. The summed E-state index contributed by atoms with van der Waals surface area (Å²) >= 11 is 0.